The lowest BCUT2D eigenvalue weighted by Gasteiger charge is -2.05. The zero-order valence-corrected chi connectivity index (χ0v) is 11.9. The van der Waals surface area contributed by atoms with Crippen molar-refractivity contribution in [1.82, 2.24) is 15.2 Å². The first-order chi connectivity index (χ1) is 10.8. The average Bonchev–Trinajstić information content (AvgIpc) is 3.04. The smallest absolute Gasteiger partial charge is 0.275 e. The van der Waals surface area contributed by atoms with Crippen molar-refractivity contribution in [3.63, 3.8) is 0 Å². The van der Waals surface area contributed by atoms with Crippen LogP contribution in [0.3, 0.4) is 0 Å². The largest absolute Gasteiger partial charge is 0.496 e. The number of nitrogens with one attached hydrogen (secondary N) is 2. The molecule has 0 saturated carbocycles. The van der Waals surface area contributed by atoms with E-state index in [4.69, 9.17) is 4.74 Å². The van der Waals surface area contributed by atoms with Crippen LogP contribution in [0.2, 0.25) is 0 Å². The minimum absolute atomic E-state index is 0.307. The van der Waals surface area contributed by atoms with Crippen LogP contribution in [0.5, 0.6) is 5.75 Å². The van der Waals surface area contributed by atoms with Crippen LogP contribution >= 0.6 is 0 Å². The van der Waals surface area contributed by atoms with Crippen LogP contribution in [-0.2, 0) is 0 Å². The number of para-hydroxylation sites is 1. The second-order valence-corrected chi connectivity index (χ2v) is 4.54. The molecule has 110 valence electrons. The van der Waals surface area contributed by atoms with E-state index in [0.29, 0.717) is 11.5 Å². The number of nitrogens with zero attached hydrogens (tertiary/aromatic N) is 2. The summed E-state index contributed by atoms with van der Waals surface area (Å²) in [5.41, 5.74) is 1.97. The Morgan fingerprint density at radius 2 is 2.00 bits per heavy atom. The Morgan fingerprint density at radius 1 is 1.18 bits per heavy atom. The molecule has 0 radical (unpaired) electrons. The van der Waals surface area contributed by atoms with Gasteiger partial charge in [-0.3, -0.25) is 14.9 Å². The Balaban J connectivity index is 1.81. The second kappa shape index (κ2) is 6.09. The molecule has 0 fully saturated rings. The number of ether oxygens (including phenoxy) is 1. The number of carbonyl (C=O) groups is 1. The van der Waals surface area contributed by atoms with Crippen LogP contribution in [0, 0.1) is 0 Å². The van der Waals surface area contributed by atoms with E-state index >= 15 is 0 Å². The van der Waals surface area contributed by atoms with Crippen LogP contribution in [0.1, 0.15) is 10.5 Å². The molecule has 0 saturated heterocycles. The number of anilines is 1. The first-order valence-corrected chi connectivity index (χ1v) is 6.69. The third-order valence-corrected chi connectivity index (χ3v) is 3.11. The van der Waals surface area contributed by atoms with Gasteiger partial charge in [-0.15, -0.1) is 0 Å². The molecule has 2 heterocycles. The molecule has 3 aromatic rings. The summed E-state index contributed by atoms with van der Waals surface area (Å²) >= 11 is 0. The number of aromatic nitrogens is 3. The molecule has 0 aliphatic heterocycles. The van der Waals surface area contributed by atoms with Crippen molar-refractivity contribution in [2.75, 3.05) is 12.4 Å². The molecule has 6 nitrogen and oxygen atoms in total. The number of aromatic amines is 1. The summed E-state index contributed by atoms with van der Waals surface area (Å²) < 4.78 is 5.31. The molecule has 0 aliphatic carbocycles. The third-order valence-electron chi connectivity index (χ3n) is 3.11. The highest BCUT2D eigenvalue weighted by Gasteiger charge is 2.12. The molecule has 1 amide bonds. The first kappa shape index (κ1) is 13.8. The molecule has 0 spiro atoms. The molecule has 2 N–H and O–H groups in total. The Morgan fingerprint density at radius 3 is 2.77 bits per heavy atom. The van der Waals surface area contributed by atoms with Gasteiger partial charge in [0.15, 0.2) is 5.82 Å². The minimum atomic E-state index is -0.307. The van der Waals surface area contributed by atoms with E-state index in [9.17, 15) is 4.79 Å². The van der Waals surface area contributed by atoms with Crippen LogP contribution < -0.4 is 10.1 Å². The predicted octanol–water partition coefficient (Wildman–Crippen LogP) is 2.73. The van der Waals surface area contributed by atoms with Gasteiger partial charge in [-0.05, 0) is 24.3 Å². The Hall–Kier alpha value is -3.15. The molecule has 6 heteroatoms. The van der Waals surface area contributed by atoms with Crippen molar-refractivity contribution < 1.29 is 9.53 Å². The topological polar surface area (TPSA) is 79.9 Å². The van der Waals surface area contributed by atoms with Gasteiger partial charge >= 0.3 is 0 Å². The number of methoxy groups -OCH3 is 1. The van der Waals surface area contributed by atoms with E-state index in [0.717, 1.165) is 17.0 Å². The zero-order valence-electron chi connectivity index (χ0n) is 11.9. The molecule has 1 aromatic carbocycles. The maximum Gasteiger partial charge on any atom is 0.275 e. The van der Waals surface area contributed by atoms with Crippen LogP contribution in [0.25, 0.3) is 11.3 Å². The highest BCUT2D eigenvalue weighted by Crippen LogP contribution is 2.29. The number of amides is 1. The van der Waals surface area contributed by atoms with Crippen molar-refractivity contribution in [3.8, 4) is 17.0 Å². The molecule has 0 atom stereocenters. The van der Waals surface area contributed by atoms with Crippen molar-refractivity contribution >= 4 is 11.7 Å². The van der Waals surface area contributed by atoms with Gasteiger partial charge in [0.25, 0.3) is 5.91 Å². The summed E-state index contributed by atoms with van der Waals surface area (Å²) in [6.07, 6.45) is 1.57. The van der Waals surface area contributed by atoms with E-state index in [1.807, 2.05) is 24.3 Å². The van der Waals surface area contributed by atoms with Crippen LogP contribution in [0.4, 0.5) is 5.82 Å². The van der Waals surface area contributed by atoms with Gasteiger partial charge in [-0.1, -0.05) is 18.2 Å². The lowest BCUT2D eigenvalue weighted by Crippen LogP contribution is -2.13. The van der Waals surface area contributed by atoms with Gasteiger partial charge in [-0.25, -0.2) is 0 Å². The van der Waals surface area contributed by atoms with Gasteiger partial charge in [0, 0.05) is 17.8 Å². The Labute approximate surface area is 127 Å². The fraction of sp³-hybridized carbons (Fsp3) is 0.0625. The van der Waals surface area contributed by atoms with E-state index in [2.05, 4.69) is 20.5 Å². The summed E-state index contributed by atoms with van der Waals surface area (Å²) in [4.78, 5) is 16.0. The molecule has 0 bridgehead atoms. The lowest BCUT2D eigenvalue weighted by atomic mass is 10.1. The number of hydrogen-bond donors (Lipinski definition) is 2. The quantitative estimate of drug-likeness (QED) is 0.775. The van der Waals surface area contributed by atoms with Gasteiger partial charge in [0.05, 0.1) is 12.8 Å². The normalized spacial score (nSPS) is 10.2. The Kier molecular flexibility index (Phi) is 3.82. The average molecular weight is 294 g/mol. The summed E-state index contributed by atoms with van der Waals surface area (Å²) in [5, 5.41) is 9.68. The molecule has 3 rings (SSSR count). The molecular formula is C16H14N4O2. The highest BCUT2D eigenvalue weighted by molar-refractivity contribution is 6.02. The molecule has 22 heavy (non-hydrogen) atoms. The summed E-state index contributed by atoms with van der Waals surface area (Å²) in [6.45, 7) is 0. The van der Waals surface area contributed by atoms with Crippen LogP contribution in [0.15, 0.2) is 54.7 Å². The monoisotopic (exact) mass is 294 g/mol. The van der Waals surface area contributed by atoms with Crippen LogP contribution in [-0.4, -0.2) is 28.2 Å². The van der Waals surface area contributed by atoms with Gasteiger partial charge < -0.3 is 10.1 Å². The van der Waals surface area contributed by atoms with E-state index in [1.165, 1.54) is 0 Å². The molecule has 0 unspecified atom stereocenters. The third kappa shape index (κ3) is 2.80. The molecule has 0 aliphatic rings. The molecular weight excluding hydrogens is 280 g/mol. The molecule has 2 aromatic heterocycles. The number of pyridine rings is 1. The number of hydrogen-bond acceptors (Lipinski definition) is 4. The summed E-state index contributed by atoms with van der Waals surface area (Å²) in [5.74, 6) is 0.851. The van der Waals surface area contributed by atoms with Crippen molar-refractivity contribution in [2.45, 2.75) is 0 Å². The van der Waals surface area contributed by atoms with E-state index in [-0.39, 0.29) is 5.91 Å². The van der Waals surface area contributed by atoms with Crippen molar-refractivity contribution in [2.24, 2.45) is 0 Å². The Bertz CT molecular complexity index is 784. The SMILES string of the molecule is COc1ccccc1-c1cc(NC(=O)c2ccccn2)n[nH]1. The standard InChI is InChI=1S/C16H14N4O2/c1-22-14-8-3-2-6-11(14)13-10-15(20-19-13)18-16(21)12-7-4-5-9-17-12/h2-10H,1H3,(H2,18,19,20,21). The van der Waals surface area contributed by atoms with Gasteiger partial charge in [-0.2, -0.15) is 5.10 Å². The van der Waals surface area contributed by atoms with E-state index < -0.39 is 0 Å². The highest BCUT2D eigenvalue weighted by atomic mass is 16.5. The summed E-state index contributed by atoms with van der Waals surface area (Å²) in [6, 6.07) is 14.5. The number of rotatable bonds is 4. The minimum Gasteiger partial charge on any atom is -0.496 e. The predicted molar refractivity (Wildman–Crippen MR) is 82.8 cm³/mol. The van der Waals surface area contributed by atoms with Crippen molar-refractivity contribution in [1.29, 1.82) is 0 Å². The van der Waals surface area contributed by atoms with Gasteiger partial charge in [0.2, 0.25) is 0 Å². The second-order valence-electron chi connectivity index (χ2n) is 4.54. The lowest BCUT2D eigenvalue weighted by molar-refractivity contribution is 0.102. The fourth-order valence-corrected chi connectivity index (χ4v) is 2.07. The maximum atomic E-state index is 12.0. The number of benzene rings is 1. The van der Waals surface area contributed by atoms with E-state index in [1.54, 1.807) is 37.6 Å². The van der Waals surface area contributed by atoms with Crippen molar-refractivity contribution in [3.05, 3.63) is 60.4 Å². The maximum absolute atomic E-state index is 12.0. The van der Waals surface area contributed by atoms with Gasteiger partial charge in [0.1, 0.15) is 11.4 Å². The fourth-order valence-electron chi connectivity index (χ4n) is 2.07. The zero-order chi connectivity index (χ0) is 15.4. The number of carbonyl (C=O) groups excluding carboxylic acids is 1. The number of H-pyrrole nitrogens is 1. The summed E-state index contributed by atoms with van der Waals surface area (Å²) in [7, 11) is 1.61. The first-order valence-electron chi connectivity index (χ1n) is 6.69.